The summed E-state index contributed by atoms with van der Waals surface area (Å²) in [6.45, 7) is 2.00. The van der Waals surface area contributed by atoms with Gasteiger partial charge in [-0.3, -0.25) is 9.78 Å². The fourth-order valence-corrected chi connectivity index (χ4v) is 2.75. The van der Waals surface area contributed by atoms with Gasteiger partial charge in [0.25, 0.3) is 0 Å². The molecule has 1 saturated heterocycles. The molecular weight excluding hydrogens is 336 g/mol. The van der Waals surface area contributed by atoms with Crippen LogP contribution in [0, 0.1) is 0 Å². The first-order valence-electron chi connectivity index (χ1n) is 8.23. The average Bonchev–Trinajstić information content (AvgIpc) is 2.98. The van der Waals surface area contributed by atoms with Gasteiger partial charge in [-0.25, -0.2) is 4.79 Å². The van der Waals surface area contributed by atoms with Crippen molar-refractivity contribution in [3.05, 3.63) is 59.6 Å². The summed E-state index contributed by atoms with van der Waals surface area (Å²) in [5.74, 6) is 0.728. The Labute approximate surface area is 149 Å². The molecule has 1 amide bonds. The molecule has 1 aromatic heterocycles. The van der Waals surface area contributed by atoms with Gasteiger partial charge in [-0.2, -0.15) is 0 Å². The van der Waals surface area contributed by atoms with E-state index in [4.69, 9.17) is 14.2 Å². The molecule has 0 bridgehead atoms. The molecule has 0 aliphatic carbocycles. The van der Waals surface area contributed by atoms with Crippen molar-refractivity contribution in [3.8, 4) is 11.5 Å². The molecule has 132 valence electrons. The largest absolute Gasteiger partial charge is 0.452 e. The van der Waals surface area contributed by atoms with E-state index in [9.17, 15) is 9.59 Å². The lowest BCUT2D eigenvalue weighted by atomic mass is 10.1. The molecule has 1 aromatic carbocycles. The lowest BCUT2D eigenvalue weighted by Crippen LogP contribution is -2.42. The minimum atomic E-state index is -0.440. The van der Waals surface area contributed by atoms with Crippen LogP contribution < -0.4 is 9.47 Å². The number of nitrogens with zero attached hydrogens (tertiary/aromatic N) is 2. The molecule has 2 aliphatic heterocycles. The smallest absolute Gasteiger partial charge is 0.415 e. The number of aromatic nitrogens is 1. The number of ether oxygens (including phenoxy) is 3. The lowest BCUT2D eigenvalue weighted by molar-refractivity contribution is 0.0416. The molecule has 0 saturated carbocycles. The number of hydrogen-bond acceptors (Lipinski definition) is 6. The van der Waals surface area contributed by atoms with Gasteiger partial charge in [-0.05, 0) is 35.9 Å². The summed E-state index contributed by atoms with van der Waals surface area (Å²) >= 11 is 0. The number of allylic oxidation sites excluding steroid dienone is 1. The SMILES string of the molecule is O=C1/C(=C/c2ccncc2)Oc2cc(OC(=O)N3CCOCC3)ccc21. The Kier molecular flexibility index (Phi) is 4.37. The van der Waals surface area contributed by atoms with Gasteiger partial charge in [0.2, 0.25) is 5.78 Å². The predicted molar refractivity (Wildman–Crippen MR) is 92.0 cm³/mol. The Balaban J connectivity index is 1.50. The van der Waals surface area contributed by atoms with E-state index >= 15 is 0 Å². The van der Waals surface area contributed by atoms with Crippen molar-refractivity contribution in [2.24, 2.45) is 0 Å². The van der Waals surface area contributed by atoms with Crippen molar-refractivity contribution in [2.75, 3.05) is 26.3 Å². The first kappa shape index (κ1) is 16.3. The molecule has 0 atom stereocenters. The highest BCUT2D eigenvalue weighted by Gasteiger charge is 2.28. The molecule has 2 aromatic rings. The molecule has 3 heterocycles. The highest BCUT2D eigenvalue weighted by Crippen LogP contribution is 2.35. The average molecular weight is 352 g/mol. The summed E-state index contributed by atoms with van der Waals surface area (Å²) in [6, 6.07) is 8.31. The number of Topliss-reactive ketones (excluding diaryl/α,β-unsaturated/α-hetero) is 1. The van der Waals surface area contributed by atoms with Crippen molar-refractivity contribution < 1.29 is 23.8 Å². The van der Waals surface area contributed by atoms with Crippen molar-refractivity contribution in [3.63, 3.8) is 0 Å². The van der Waals surface area contributed by atoms with E-state index < -0.39 is 6.09 Å². The normalized spacial score (nSPS) is 17.8. The highest BCUT2D eigenvalue weighted by atomic mass is 16.6. The van der Waals surface area contributed by atoms with Gasteiger partial charge in [-0.1, -0.05) is 0 Å². The van der Waals surface area contributed by atoms with Gasteiger partial charge < -0.3 is 19.1 Å². The molecule has 2 aliphatic rings. The van der Waals surface area contributed by atoms with E-state index in [1.54, 1.807) is 53.7 Å². The third-order valence-electron chi connectivity index (χ3n) is 4.12. The summed E-state index contributed by atoms with van der Waals surface area (Å²) in [5, 5.41) is 0. The van der Waals surface area contributed by atoms with Gasteiger partial charge in [0.1, 0.15) is 11.5 Å². The molecular formula is C19H16N2O5. The second kappa shape index (κ2) is 6.97. The fraction of sp³-hybridized carbons (Fsp3) is 0.211. The first-order valence-corrected chi connectivity index (χ1v) is 8.23. The predicted octanol–water partition coefficient (Wildman–Crippen LogP) is 2.53. The summed E-state index contributed by atoms with van der Waals surface area (Å²) in [4.78, 5) is 30.1. The van der Waals surface area contributed by atoms with Gasteiger partial charge >= 0.3 is 6.09 Å². The zero-order valence-electron chi connectivity index (χ0n) is 13.9. The van der Waals surface area contributed by atoms with Gasteiger partial charge in [-0.15, -0.1) is 0 Å². The Bertz CT molecular complexity index is 873. The molecule has 0 N–H and O–H groups in total. The molecule has 0 radical (unpaired) electrons. The number of carbonyl (C=O) groups excluding carboxylic acids is 2. The second-order valence-electron chi connectivity index (χ2n) is 5.85. The van der Waals surface area contributed by atoms with Crippen LogP contribution in [0.1, 0.15) is 15.9 Å². The quantitative estimate of drug-likeness (QED) is 0.773. The number of carbonyl (C=O) groups is 2. The molecule has 26 heavy (non-hydrogen) atoms. The Morgan fingerprint density at radius 1 is 1.15 bits per heavy atom. The monoisotopic (exact) mass is 352 g/mol. The second-order valence-corrected chi connectivity index (χ2v) is 5.85. The summed E-state index contributed by atoms with van der Waals surface area (Å²) < 4.78 is 16.3. The fourth-order valence-electron chi connectivity index (χ4n) is 2.75. The Morgan fingerprint density at radius 3 is 2.69 bits per heavy atom. The summed E-state index contributed by atoms with van der Waals surface area (Å²) in [5.41, 5.74) is 1.26. The maximum atomic E-state index is 12.4. The number of hydrogen-bond donors (Lipinski definition) is 0. The lowest BCUT2D eigenvalue weighted by Gasteiger charge is -2.25. The van der Waals surface area contributed by atoms with Crippen molar-refractivity contribution in [1.29, 1.82) is 0 Å². The van der Waals surface area contributed by atoms with Crippen LogP contribution in [0.15, 0.2) is 48.5 Å². The molecule has 0 spiro atoms. The van der Waals surface area contributed by atoms with E-state index in [2.05, 4.69) is 4.98 Å². The number of benzene rings is 1. The molecule has 4 rings (SSSR count). The van der Waals surface area contributed by atoms with Gasteiger partial charge in [0, 0.05) is 31.5 Å². The maximum Gasteiger partial charge on any atom is 0.415 e. The van der Waals surface area contributed by atoms with Crippen molar-refractivity contribution in [2.45, 2.75) is 0 Å². The topological polar surface area (TPSA) is 78.0 Å². The maximum absolute atomic E-state index is 12.4. The van der Waals surface area contributed by atoms with Crippen LogP contribution in [0.4, 0.5) is 4.79 Å². The third-order valence-corrected chi connectivity index (χ3v) is 4.12. The number of rotatable bonds is 2. The highest BCUT2D eigenvalue weighted by molar-refractivity contribution is 6.14. The van der Waals surface area contributed by atoms with Crippen LogP contribution in [0.2, 0.25) is 0 Å². The van der Waals surface area contributed by atoms with E-state index in [1.165, 1.54) is 0 Å². The summed E-state index contributed by atoms with van der Waals surface area (Å²) in [6.07, 6.45) is 4.50. The minimum absolute atomic E-state index is 0.206. The standard InChI is InChI=1S/C19H16N2O5/c22-18-15-2-1-14(25-19(23)21-7-9-24-10-8-21)12-16(15)26-17(18)11-13-3-5-20-6-4-13/h1-6,11-12H,7-10H2/b17-11-. The molecule has 1 fully saturated rings. The first-order chi connectivity index (χ1) is 12.7. The van der Waals surface area contributed by atoms with Crippen LogP contribution in [0.3, 0.4) is 0 Å². The van der Waals surface area contributed by atoms with Crippen LogP contribution in [0.25, 0.3) is 6.08 Å². The number of fused-ring (bicyclic) bond motifs is 1. The van der Waals surface area contributed by atoms with E-state index in [0.29, 0.717) is 43.4 Å². The van der Waals surface area contributed by atoms with E-state index in [0.717, 1.165) is 5.56 Å². The number of pyridine rings is 1. The molecule has 0 unspecified atom stereocenters. The van der Waals surface area contributed by atoms with E-state index in [1.807, 2.05) is 0 Å². The van der Waals surface area contributed by atoms with E-state index in [-0.39, 0.29) is 11.5 Å². The van der Waals surface area contributed by atoms with Gasteiger partial charge in [0.05, 0.1) is 18.8 Å². The third kappa shape index (κ3) is 3.29. The van der Waals surface area contributed by atoms with Gasteiger partial charge in [0.15, 0.2) is 5.76 Å². The van der Waals surface area contributed by atoms with Crippen LogP contribution in [-0.4, -0.2) is 48.1 Å². The Morgan fingerprint density at radius 2 is 1.92 bits per heavy atom. The zero-order valence-corrected chi connectivity index (χ0v) is 13.9. The van der Waals surface area contributed by atoms with Crippen LogP contribution in [0.5, 0.6) is 11.5 Å². The van der Waals surface area contributed by atoms with Crippen molar-refractivity contribution >= 4 is 18.0 Å². The van der Waals surface area contributed by atoms with Crippen molar-refractivity contribution in [1.82, 2.24) is 9.88 Å². The molecule has 7 heteroatoms. The Hall–Kier alpha value is -3.19. The summed E-state index contributed by atoms with van der Waals surface area (Å²) in [7, 11) is 0. The van der Waals surface area contributed by atoms with Crippen LogP contribution in [-0.2, 0) is 4.74 Å². The molecule has 7 nitrogen and oxygen atoms in total. The number of amides is 1. The minimum Gasteiger partial charge on any atom is -0.452 e. The zero-order chi connectivity index (χ0) is 17.9. The number of morpholine rings is 1. The van der Waals surface area contributed by atoms with Crippen LogP contribution >= 0.6 is 0 Å². The number of ketones is 1.